The molecule has 1 unspecified atom stereocenters. The number of nitrogen functional groups attached to an aromatic ring is 1. The summed E-state index contributed by atoms with van der Waals surface area (Å²) in [6, 6.07) is 4.73. The number of nitrogens with two attached hydrogens (primary N) is 1. The number of rotatable bonds is 4. The molecule has 2 heterocycles. The number of hydrogen-bond acceptors (Lipinski definition) is 6. The molecule has 3 N–H and O–H groups in total. The van der Waals surface area contributed by atoms with Crippen molar-refractivity contribution >= 4 is 11.4 Å². The third-order valence-corrected chi connectivity index (χ3v) is 3.29. The number of nitrogens with zero attached hydrogens (tertiary/aromatic N) is 2. The van der Waals surface area contributed by atoms with E-state index in [0.29, 0.717) is 23.5 Å². The molecule has 9 heteroatoms. The first-order chi connectivity index (χ1) is 10.4. The number of anilines is 2. The molecule has 1 saturated heterocycles. The highest BCUT2D eigenvalue weighted by molar-refractivity contribution is 5.73. The van der Waals surface area contributed by atoms with Gasteiger partial charge in [-0.15, -0.1) is 0 Å². The molecule has 0 radical (unpaired) electrons. The minimum Gasteiger partial charge on any atom is -0.397 e. The van der Waals surface area contributed by atoms with Gasteiger partial charge in [-0.2, -0.15) is 18.2 Å². The molecule has 3 rings (SSSR count). The van der Waals surface area contributed by atoms with E-state index in [4.69, 9.17) is 10.5 Å². The van der Waals surface area contributed by atoms with Crippen molar-refractivity contribution in [1.82, 2.24) is 10.1 Å². The Labute approximate surface area is 123 Å². The van der Waals surface area contributed by atoms with Gasteiger partial charge in [0, 0.05) is 18.7 Å². The Hall–Kier alpha value is -2.29. The average molecular weight is 314 g/mol. The summed E-state index contributed by atoms with van der Waals surface area (Å²) in [7, 11) is 0. The van der Waals surface area contributed by atoms with Gasteiger partial charge in [-0.3, -0.25) is 0 Å². The van der Waals surface area contributed by atoms with Gasteiger partial charge in [0.05, 0.1) is 17.5 Å². The topological polar surface area (TPSA) is 86.2 Å². The number of benzene rings is 1. The Balaban J connectivity index is 1.74. The molecule has 2 aromatic rings. The van der Waals surface area contributed by atoms with Crippen LogP contribution in [0.1, 0.15) is 12.3 Å². The number of ether oxygens (including phenoxy) is 1. The second kappa shape index (κ2) is 5.48. The lowest BCUT2D eigenvalue weighted by atomic mass is 10.1. The van der Waals surface area contributed by atoms with Crippen molar-refractivity contribution in [3.05, 3.63) is 24.1 Å². The minimum atomic E-state index is -4.67. The van der Waals surface area contributed by atoms with Crippen molar-refractivity contribution in [2.75, 3.05) is 24.2 Å². The first-order valence-corrected chi connectivity index (χ1v) is 6.60. The fourth-order valence-electron chi connectivity index (χ4n) is 1.99. The molecule has 1 aromatic carbocycles. The van der Waals surface area contributed by atoms with Crippen molar-refractivity contribution in [3.8, 4) is 11.4 Å². The van der Waals surface area contributed by atoms with Gasteiger partial charge in [0.1, 0.15) is 0 Å². The molecular weight excluding hydrogens is 301 g/mol. The monoisotopic (exact) mass is 314 g/mol. The van der Waals surface area contributed by atoms with Crippen LogP contribution in [-0.4, -0.2) is 29.4 Å². The number of nitrogens with one attached hydrogen (secondary N) is 1. The maximum atomic E-state index is 12.4. The molecule has 1 atom stereocenters. The van der Waals surface area contributed by atoms with E-state index in [1.54, 1.807) is 12.1 Å². The lowest BCUT2D eigenvalue weighted by molar-refractivity contribution is -0.159. The summed E-state index contributed by atoms with van der Waals surface area (Å²) >= 11 is 0. The Morgan fingerprint density at radius 3 is 2.68 bits per heavy atom. The van der Waals surface area contributed by atoms with Crippen LogP contribution in [0.2, 0.25) is 0 Å². The highest BCUT2D eigenvalue weighted by Crippen LogP contribution is 2.31. The van der Waals surface area contributed by atoms with E-state index in [9.17, 15) is 13.2 Å². The SMILES string of the molecule is Nc1cc(-c2noc(C(F)(F)F)n2)ccc1NCC1CCO1. The summed E-state index contributed by atoms with van der Waals surface area (Å²) < 4.78 is 46.8. The lowest BCUT2D eigenvalue weighted by Gasteiger charge is -2.27. The zero-order valence-corrected chi connectivity index (χ0v) is 11.4. The van der Waals surface area contributed by atoms with Crippen LogP contribution < -0.4 is 11.1 Å². The van der Waals surface area contributed by atoms with Gasteiger partial charge in [0.25, 0.3) is 0 Å². The highest BCUT2D eigenvalue weighted by atomic mass is 19.4. The fraction of sp³-hybridized carbons (Fsp3) is 0.385. The zero-order valence-electron chi connectivity index (χ0n) is 11.4. The first kappa shape index (κ1) is 14.6. The molecule has 1 aliphatic rings. The van der Waals surface area contributed by atoms with Crippen LogP contribution in [0.25, 0.3) is 11.4 Å². The molecule has 1 aromatic heterocycles. The Morgan fingerprint density at radius 1 is 1.36 bits per heavy atom. The zero-order chi connectivity index (χ0) is 15.7. The third kappa shape index (κ3) is 2.98. The van der Waals surface area contributed by atoms with E-state index in [1.165, 1.54) is 6.07 Å². The second-order valence-corrected chi connectivity index (χ2v) is 4.89. The number of halogens is 3. The fourth-order valence-corrected chi connectivity index (χ4v) is 1.99. The number of alkyl halides is 3. The predicted molar refractivity (Wildman–Crippen MR) is 72.0 cm³/mol. The maximum absolute atomic E-state index is 12.4. The van der Waals surface area contributed by atoms with Gasteiger partial charge in [0.15, 0.2) is 0 Å². The molecule has 0 bridgehead atoms. The van der Waals surface area contributed by atoms with Crippen molar-refractivity contribution in [2.45, 2.75) is 18.7 Å². The molecule has 0 amide bonds. The van der Waals surface area contributed by atoms with Crippen LogP contribution in [0.5, 0.6) is 0 Å². The summed E-state index contributed by atoms with van der Waals surface area (Å²) in [5, 5.41) is 6.45. The predicted octanol–water partition coefficient (Wildman–Crippen LogP) is 2.54. The molecule has 0 saturated carbocycles. The van der Waals surface area contributed by atoms with E-state index in [1.807, 2.05) is 0 Å². The molecular formula is C13H13F3N4O2. The first-order valence-electron chi connectivity index (χ1n) is 6.60. The summed E-state index contributed by atoms with van der Waals surface area (Å²) in [5.74, 6) is -1.54. The summed E-state index contributed by atoms with van der Waals surface area (Å²) in [5.41, 5.74) is 7.30. The van der Waals surface area contributed by atoms with E-state index >= 15 is 0 Å². The van der Waals surface area contributed by atoms with Crippen LogP contribution in [0.4, 0.5) is 24.5 Å². The maximum Gasteiger partial charge on any atom is 0.471 e. The molecule has 1 aliphatic heterocycles. The van der Waals surface area contributed by atoms with Gasteiger partial charge in [-0.05, 0) is 24.6 Å². The normalized spacial score (nSPS) is 18.0. The quantitative estimate of drug-likeness (QED) is 0.843. The molecule has 0 aliphatic carbocycles. The molecule has 118 valence electrons. The van der Waals surface area contributed by atoms with Crippen molar-refractivity contribution in [3.63, 3.8) is 0 Å². The van der Waals surface area contributed by atoms with Crippen molar-refractivity contribution in [2.24, 2.45) is 0 Å². The van der Waals surface area contributed by atoms with Gasteiger partial charge >= 0.3 is 12.1 Å². The Kier molecular flexibility index (Phi) is 3.65. The third-order valence-electron chi connectivity index (χ3n) is 3.29. The summed E-state index contributed by atoms with van der Waals surface area (Å²) in [6.45, 7) is 1.39. The molecule has 0 spiro atoms. The Morgan fingerprint density at radius 2 is 2.14 bits per heavy atom. The van der Waals surface area contributed by atoms with Gasteiger partial charge < -0.3 is 20.3 Å². The van der Waals surface area contributed by atoms with Crippen LogP contribution in [-0.2, 0) is 10.9 Å². The highest BCUT2D eigenvalue weighted by Gasteiger charge is 2.38. The Bertz CT molecular complexity index is 668. The number of aromatic nitrogens is 2. The minimum absolute atomic E-state index is 0.159. The lowest BCUT2D eigenvalue weighted by Crippen LogP contribution is -2.33. The molecule has 1 fully saturated rings. The summed E-state index contributed by atoms with van der Waals surface area (Å²) in [4.78, 5) is 3.32. The van der Waals surface area contributed by atoms with Gasteiger partial charge in [0.2, 0.25) is 5.82 Å². The largest absolute Gasteiger partial charge is 0.471 e. The average Bonchev–Trinajstić information content (AvgIpc) is 2.88. The summed E-state index contributed by atoms with van der Waals surface area (Å²) in [6.07, 6.45) is -3.50. The molecule has 6 nitrogen and oxygen atoms in total. The second-order valence-electron chi connectivity index (χ2n) is 4.89. The van der Waals surface area contributed by atoms with Crippen LogP contribution in [0.3, 0.4) is 0 Å². The molecule has 22 heavy (non-hydrogen) atoms. The van der Waals surface area contributed by atoms with E-state index in [-0.39, 0.29) is 11.9 Å². The van der Waals surface area contributed by atoms with Gasteiger partial charge in [-0.25, -0.2) is 0 Å². The van der Waals surface area contributed by atoms with Gasteiger partial charge in [-0.1, -0.05) is 5.16 Å². The van der Waals surface area contributed by atoms with Crippen LogP contribution >= 0.6 is 0 Å². The van der Waals surface area contributed by atoms with E-state index in [2.05, 4.69) is 20.0 Å². The van der Waals surface area contributed by atoms with Crippen LogP contribution in [0, 0.1) is 0 Å². The van der Waals surface area contributed by atoms with Crippen molar-refractivity contribution in [1.29, 1.82) is 0 Å². The standard InChI is InChI=1S/C13H13F3N4O2/c14-13(15,16)12-19-11(20-22-12)7-1-2-10(9(17)5-7)18-6-8-3-4-21-8/h1-2,5,8,18H,3-4,6,17H2. The number of hydrogen-bond donors (Lipinski definition) is 2. The smallest absolute Gasteiger partial charge is 0.397 e. The van der Waals surface area contributed by atoms with E-state index in [0.717, 1.165) is 13.0 Å². The van der Waals surface area contributed by atoms with Crippen LogP contribution in [0.15, 0.2) is 22.7 Å². The van der Waals surface area contributed by atoms with Crippen molar-refractivity contribution < 1.29 is 22.4 Å². The van der Waals surface area contributed by atoms with E-state index < -0.39 is 12.1 Å².